The minimum Gasteiger partial charge on any atom is -0.368 e. The summed E-state index contributed by atoms with van der Waals surface area (Å²) in [6.07, 6.45) is 3.64. The molecule has 8 heteroatoms. The third-order valence-corrected chi connectivity index (χ3v) is 4.55. The molecule has 0 N–H and O–H groups in total. The third kappa shape index (κ3) is 10.4. The summed E-state index contributed by atoms with van der Waals surface area (Å²) in [7, 11) is -2.57. The van der Waals surface area contributed by atoms with E-state index in [4.69, 9.17) is 18.5 Å². The molecule has 0 saturated carbocycles. The van der Waals surface area contributed by atoms with Gasteiger partial charge < -0.3 is 9.47 Å². The first-order chi connectivity index (χ1) is 12.1. The molecule has 152 valence electrons. The van der Waals surface area contributed by atoms with Crippen LogP contribution in [0.5, 0.6) is 0 Å². The van der Waals surface area contributed by atoms with Crippen molar-refractivity contribution in [3.05, 3.63) is 0 Å². The highest BCUT2D eigenvalue weighted by molar-refractivity contribution is 7.33. The molecular formula is C18H34O7P+. The third-order valence-electron chi connectivity index (χ3n) is 3.87. The van der Waals surface area contributed by atoms with Crippen molar-refractivity contribution in [2.24, 2.45) is 0 Å². The van der Waals surface area contributed by atoms with Crippen LogP contribution in [0.4, 0.5) is 0 Å². The maximum Gasteiger partial charge on any atom is 0.698 e. The standard InChI is InChI=1S/C18H34O7P/c1-7-9-11-22-17(3,4)15(19)13-24-26(21)25-14-16(20)18(5,6)23-12-10-8-2/h7-14H2,1-6H3/q+1. The summed E-state index contributed by atoms with van der Waals surface area (Å²) < 4.78 is 32.6. The van der Waals surface area contributed by atoms with Gasteiger partial charge in [-0.1, -0.05) is 26.7 Å². The largest absolute Gasteiger partial charge is 0.698 e. The van der Waals surface area contributed by atoms with Crippen molar-refractivity contribution < 1.29 is 32.7 Å². The molecule has 0 bridgehead atoms. The molecule has 0 aromatic carbocycles. The number of hydrogen-bond donors (Lipinski definition) is 0. The Morgan fingerprint density at radius 1 is 0.769 bits per heavy atom. The zero-order valence-corrected chi connectivity index (χ0v) is 17.9. The second kappa shape index (κ2) is 12.6. The van der Waals surface area contributed by atoms with Crippen molar-refractivity contribution in [2.45, 2.75) is 78.4 Å². The van der Waals surface area contributed by atoms with Crippen LogP contribution >= 0.6 is 8.25 Å². The van der Waals surface area contributed by atoms with Gasteiger partial charge in [0, 0.05) is 17.8 Å². The molecule has 0 rings (SSSR count). The molecule has 0 aliphatic carbocycles. The van der Waals surface area contributed by atoms with Gasteiger partial charge in [0.15, 0.2) is 24.8 Å². The first-order valence-electron chi connectivity index (χ1n) is 9.14. The van der Waals surface area contributed by atoms with Gasteiger partial charge in [-0.25, -0.2) is 0 Å². The molecule has 0 atom stereocenters. The number of ketones is 2. The predicted octanol–water partition coefficient (Wildman–Crippen LogP) is 4.01. The van der Waals surface area contributed by atoms with E-state index < -0.39 is 32.7 Å². The molecule has 0 amide bonds. The van der Waals surface area contributed by atoms with E-state index in [2.05, 4.69) is 0 Å². The maximum absolute atomic E-state index is 12.1. The SMILES string of the molecule is CCCCOC(C)(C)C(=O)CO[P+](=O)OCC(=O)C(C)(C)OCCCC. The first kappa shape index (κ1) is 25.3. The number of ether oxygens (including phenoxy) is 2. The smallest absolute Gasteiger partial charge is 0.368 e. The minimum absolute atomic E-state index is 0.338. The van der Waals surface area contributed by atoms with Gasteiger partial charge in [-0.3, -0.25) is 9.59 Å². The van der Waals surface area contributed by atoms with Crippen molar-refractivity contribution in [2.75, 3.05) is 26.4 Å². The van der Waals surface area contributed by atoms with Crippen LogP contribution in [0.1, 0.15) is 67.2 Å². The molecule has 0 aromatic heterocycles. The molecule has 0 aliphatic heterocycles. The number of unbranched alkanes of at least 4 members (excludes halogenated alkanes) is 2. The summed E-state index contributed by atoms with van der Waals surface area (Å²) in [5, 5.41) is 0. The molecule has 0 fully saturated rings. The summed E-state index contributed by atoms with van der Waals surface area (Å²) in [5.74, 6) is -0.676. The highest BCUT2D eigenvalue weighted by Gasteiger charge is 2.35. The lowest BCUT2D eigenvalue weighted by molar-refractivity contribution is -0.143. The van der Waals surface area contributed by atoms with Crippen LogP contribution in [0, 0.1) is 0 Å². The van der Waals surface area contributed by atoms with Gasteiger partial charge in [-0.05, 0) is 40.5 Å². The Balaban J connectivity index is 4.22. The average molecular weight is 393 g/mol. The average Bonchev–Trinajstić information content (AvgIpc) is 2.57. The van der Waals surface area contributed by atoms with E-state index in [1.807, 2.05) is 13.8 Å². The van der Waals surface area contributed by atoms with E-state index in [9.17, 15) is 14.2 Å². The molecule has 0 heterocycles. The first-order valence-corrected chi connectivity index (χ1v) is 10.2. The molecule has 0 unspecified atom stereocenters. The Labute approximate surface area is 158 Å². The lowest BCUT2D eigenvalue weighted by atomic mass is 10.0. The van der Waals surface area contributed by atoms with Crippen molar-refractivity contribution in [3.63, 3.8) is 0 Å². The Morgan fingerprint density at radius 2 is 1.12 bits per heavy atom. The van der Waals surface area contributed by atoms with Gasteiger partial charge in [0.05, 0.1) is 0 Å². The van der Waals surface area contributed by atoms with Crippen molar-refractivity contribution in [1.29, 1.82) is 0 Å². The van der Waals surface area contributed by atoms with Crippen LogP contribution in [0.3, 0.4) is 0 Å². The topological polar surface area (TPSA) is 88.1 Å². The van der Waals surface area contributed by atoms with E-state index in [0.717, 1.165) is 25.7 Å². The zero-order chi connectivity index (χ0) is 20.2. The Morgan fingerprint density at radius 3 is 1.42 bits per heavy atom. The lowest BCUT2D eigenvalue weighted by Gasteiger charge is -2.22. The minimum atomic E-state index is -2.57. The van der Waals surface area contributed by atoms with Gasteiger partial charge in [0.2, 0.25) is 0 Å². The van der Waals surface area contributed by atoms with E-state index in [-0.39, 0.29) is 11.6 Å². The van der Waals surface area contributed by atoms with Crippen LogP contribution in [0.15, 0.2) is 0 Å². The van der Waals surface area contributed by atoms with E-state index >= 15 is 0 Å². The highest BCUT2D eigenvalue weighted by Crippen LogP contribution is 2.26. The van der Waals surface area contributed by atoms with Crippen LogP contribution in [-0.4, -0.2) is 49.2 Å². The quantitative estimate of drug-likeness (QED) is 0.289. The predicted molar refractivity (Wildman–Crippen MR) is 99.4 cm³/mol. The van der Waals surface area contributed by atoms with Crippen molar-refractivity contribution >= 4 is 19.8 Å². The van der Waals surface area contributed by atoms with Gasteiger partial charge in [-0.2, -0.15) is 0 Å². The molecule has 0 aliphatic rings. The van der Waals surface area contributed by atoms with Gasteiger partial charge in [-0.15, -0.1) is 9.05 Å². The van der Waals surface area contributed by atoms with E-state index in [1.165, 1.54) is 0 Å². The normalized spacial score (nSPS) is 12.2. The summed E-state index contributed by atoms with van der Waals surface area (Å²) >= 11 is 0. The van der Waals surface area contributed by atoms with E-state index in [1.54, 1.807) is 27.7 Å². The fourth-order valence-electron chi connectivity index (χ4n) is 1.71. The summed E-state index contributed by atoms with van der Waals surface area (Å²) in [5.41, 5.74) is -2.04. The summed E-state index contributed by atoms with van der Waals surface area (Å²) in [6, 6.07) is 0. The zero-order valence-electron chi connectivity index (χ0n) is 17.0. The Bertz CT molecular complexity index is 420. The van der Waals surface area contributed by atoms with Crippen LogP contribution in [0.25, 0.3) is 0 Å². The molecule has 26 heavy (non-hydrogen) atoms. The fourth-order valence-corrected chi connectivity index (χ4v) is 2.23. The van der Waals surface area contributed by atoms with Crippen LogP contribution < -0.4 is 0 Å². The fraction of sp³-hybridized carbons (Fsp3) is 0.889. The molecule has 7 nitrogen and oxygen atoms in total. The van der Waals surface area contributed by atoms with Crippen molar-refractivity contribution in [3.8, 4) is 0 Å². The number of carbonyl (C=O) groups excluding carboxylic acids is 2. The molecular weight excluding hydrogens is 359 g/mol. The second-order valence-electron chi connectivity index (χ2n) is 7.04. The van der Waals surface area contributed by atoms with Crippen LogP contribution in [-0.2, 0) is 32.7 Å². The summed E-state index contributed by atoms with van der Waals surface area (Å²) in [6.45, 7) is 10.8. The van der Waals surface area contributed by atoms with Gasteiger partial charge >= 0.3 is 8.25 Å². The Hall–Kier alpha value is -0.720. The Kier molecular flexibility index (Phi) is 12.3. The monoisotopic (exact) mass is 393 g/mol. The number of hydrogen-bond acceptors (Lipinski definition) is 7. The number of Topliss-reactive ketones (excluding diaryl/α,β-unsaturated/α-hetero) is 2. The highest BCUT2D eigenvalue weighted by atomic mass is 31.1. The van der Waals surface area contributed by atoms with Gasteiger partial charge in [0.25, 0.3) is 0 Å². The molecule has 0 spiro atoms. The molecule has 0 radical (unpaired) electrons. The van der Waals surface area contributed by atoms with Crippen molar-refractivity contribution in [1.82, 2.24) is 0 Å². The second-order valence-corrected chi connectivity index (χ2v) is 8.01. The number of rotatable bonds is 16. The lowest BCUT2D eigenvalue weighted by Crippen LogP contribution is -2.38. The number of carbonyl (C=O) groups is 2. The molecule has 0 saturated heterocycles. The molecule has 0 aromatic rings. The van der Waals surface area contributed by atoms with E-state index in [0.29, 0.717) is 13.2 Å². The van der Waals surface area contributed by atoms with Crippen LogP contribution in [0.2, 0.25) is 0 Å². The summed E-state index contributed by atoms with van der Waals surface area (Å²) in [4.78, 5) is 24.2. The maximum atomic E-state index is 12.1. The van der Waals surface area contributed by atoms with Gasteiger partial charge in [0.1, 0.15) is 11.2 Å².